The monoisotopic (exact) mass is 492 g/mol. The molecular formula is C22H25IN2O3. The first-order valence-electron chi connectivity index (χ1n) is 9.37. The molecule has 5 nitrogen and oxygen atoms in total. The van der Waals surface area contributed by atoms with Gasteiger partial charge in [0.1, 0.15) is 0 Å². The molecule has 0 N–H and O–H groups in total. The number of amides is 1. The predicted molar refractivity (Wildman–Crippen MR) is 117 cm³/mol. The van der Waals surface area contributed by atoms with E-state index in [1.54, 1.807) is 12.1 Å². The van der Waals surface area contributed by atoms with Crippen molar-refractivity contribution in [1.29, 1.82) is 0 Å². The Morgan fingerprint density at radius 2 is 1.68 bits per heavy atom. The van der Waals surface area contributed by atoms with Crippen LogP contribution in [0, 0.1) is 3.57 Å². The van der Waals surface area contributed by atoms with Crippen LogP contribution >= 0.6 is 22.6 Å². The summed E-state index contributed by atoms with van der Waals surface area (Å²) in [5.74, 6) is -0.227. The maximum absolute atomic E-state index is 12.9. The molecule has 1 heterocycles. The molecular weight excluding hydrogens is 467 g/mol. The van der Waals surface area contributed by atoms with Gasteiger partial charge in [0, 0.05) is 40.9 Å². The summed E-state index contributed by atoms with van der Waals surface area (Å²) >= 11 is 2.23. The zero-order valence-electron chi connectivity index (χ0n) is 16.4. The number of hydrogen-bond donors (Lipinski definition) is 0. The van der Waals surface area contributed by atoms with Gasteiger partial charge in [-0.05, 0) is 72.3 Å². The second-order valence-electron chi connectivity index (χ2n) is 7.28. The van der Waals surface area contributed by atoms with Crippen molar-refractivity contribution in [3.8, 4) is 0 Å². The second kappa shape index (κ2) is 9.05. The number of methoxy groups -OCH3 is 1. The van der Waals surface area contributed by atoms with Crippen LogP contribution in [0.25, 0.3) is 0 Å². The summed E-state index contributed by atoms with van der Waals surface area (Å²) in [5, 5.41) is 0. The Labute approximate surface area is 179 Å². The Kier molecular flexibility index (Phi) is 6.72. The van der Waals surface area contributed by atoms with Gasteiger partial charge >= 0.3 is 5.97 Å². The fraction of sp³-hybridized carbons (Fsp3) is 0.364. The molecule has 1 aliphatic heterocycles. The van der Waals surface area contributed by atoms with Crippen LogP contribution < -0.4 is 0 Å². The lowest BCUT2D eigenvalue weighted by Gasteiger charge is -2.44. The van der Waals surface area contributed by atoms with Crippen molar-refractivity contribution in [1.82, 2.24) is 9.80 Å². The number of hydrogen-bond acceptors (Lipinski definition) is 4. The molecule has 1 saturated heterocycles. The summed E-state index contributed by atoms with van der Waals surface area (Å²) in [6.07, 6.45) is 0. The first kappa shape index (κ1) is 20.8. The third-order valence-electron chi connectivity index (χ3n) is 5.20. The van der Waals surface area contributed by atoms with Crippen LogP contribution in [0.15, 0.2) is 48.5 Å². The van der Waals surface area contributed by atoms with Crippen molar-refractivity contribution in [2.24, 2.45) is 0 Å². The third kappa shape index (κ3) is 4.72. The van der Waals surface area contributed by atoms with E-state index in [0.29, 0.717) is 18.7 Å². The number of rotatable bonds is 4. The van der Waals surface area contributed by atoms with Crippen molar-refractivity contribution in [3.63, 3.8) is 0 Å². The van der Waals surface area contributed by atoms with Crippen LogP contribution in [0.2, 0.25) is 0 Å². The van der Waals surface area contributed by atoms with E-state index in [1.165, 1.54) is 7.11 Å². The van der Waals surface area contributed by atoms with Gasteiger partial charge in [0.05, 0.1) is 12.7 Å². The fourth-order valence-corrected chi connectivity index (χ4v) is 4.26. The van der Waals surface area contributed by atoms with Crippen molar-refractivity contribution >= 4 is 34.5 Å². The van der Waals surface area contributed by atoms with Gasteiger partial charge in [-0.2, -0.15) is 0 Å². The molecule has 3 rings (SSSR count). The number of carbonyl (C=O) groups excluding carboxylic acids is 2. The lowest BCUT2D eigenvalue weighted by Crippen LogP contribution is -2.57. The maximum Gasteiger partial charge on any atom is 0.337 e. The molecule has 2 aromatic rings. The van der Waals surface area contributed by atoms with Crippen LogP contribution in [0.3, 0.4) is 0 Å². The molecule has 0 bridgehead atoms. The molecule has 6 heteroatoms. The van der Waals surface area contributed by atoms with Crippen molar-refractivity contribution in [3.05, 3.63) is 68.8 Å². The molecule has 1 amide bonds. The number of halogens is 1. The normalized spacial score (nSPS) is 20.1. The van der Waals surface area contributed by atoms with Gasteiger partial charge in [0.25, 0.3) is 5.91 Å². The highest BCUT2D eigenvalue weighted by Gasteiger charge is 2.32. The number of esters is 1. The number of benzene rings is 2. The van der Waals surface area contributed by atoms with Gasteiger partial charge in [0.2, 0.25) is 0 Å². The van der Waals surface area contributed by atoms with E-state index in [0.717, 1.165) is 21.2 Å². The van der Waals surface area contributed by atoms with E-state index >= 15 is 0 Å². The number of piperazine rings is 1. The average molecular weight is 492 g/mol. The molecule has 1 aliphatic rings. The van der Waals surface area contributed by atoms with Crippen LogP contribution in [0.1, 0.15) is 40.1 Å². The van der Waals surface area contributed by atoms with Crippen LogP contribution in [-0.4, -0.2) is 54.0 Å². The quantitative estimate of drug-likeness (QED) is 0.481. The predicted octanol–water partition coefficient (Wildman–Crippen LogP) is 3.81. The van der Waals surface area contributed by atoms with Gasteiger partial charge in [-0.3, -0.25) is 9.69 Å². The Bertz CT molecular complexity index is 841. The minimum Gasteiger partial charge on any atom is -0.465 e. The number of nitrogens with zero attached hydrogens (tertiary/aromatic N) is 2. The summed E-state index contributed by atoms with van der Waals surface area (Å²) in [6.45, 7) is 6.51. The second-order valence-corrected chi connectivity index (χ2v) is 8.52. The molecule has 0 radical (unpaired) electrons. The van der Waals surface area contributed by atoms with E-state index < -0.39 is 0 Å². The molecule has 0 spiro atoms. The highest BCUT2D eigenvalue weighted by molar-refractivity contribution is 14.1. The van der Waals surface area contributed by atoms with Crippen molar-refractivity contribution in [2.75, 3.05) is 20.2 Å². The van der Waals surface area contributed by atoms with E-state index in [-0.39, 0.29) is 24.0 Å². The zero-order chi connectivity index (χ0) is 20.3. The molecule has 0 aliphatic carbocycles. The molecule has 0 aromatic heterocycles. The zero-order valence-corrected chi connectivity index (χ0v) is 18.5. The SMILES string of the molecule is COC(=O)c1ccc(CN2[C@H](C)CN(C(=O)c3cccc(I)c3)C[C@@H]2C)cc1. The van der Waals surface area contributed by atoms with E-state index in [4.69, 9.17) is 4.74 Å². The largest absolute Gasteiger partial charge is 0.465 e. The van der Waals surface area contributed by atoms with Gasteiger partial charge in [-0.15, -0.1) is 0 Å². The maximum atomic E-state index is 12.9. The minimum atomic E-state index is -0.323. The standard InChI is InChI=1S/C22H25IN2O3/c1-15-12-24(21(26)19-5-4-6-20(23)11-19)13-16(2)25(15)14-17-7-9-18(10-8-17)22(27)28-3/h4-11,15-16H,12-14H2,1-3H3/t15-,16+. The summed E-state index contributed by atoms with van der Waals surface area (Å²) in [4.78, 5) is 28.8. The minimum absolute atomic E-state index is 0.0966. The Hall–Kier alpha value is -1.93. The lowest BCUT2D eigenvalue weighted by atomic mass is 10.0. The van der Waals surface area contributed by atoms with Gasteiger partial charge in [-0.25, -0.2) is 4.79 Å². The number of ether oxygens (including phenoxy) is 1. The highest BCUT2D eigenvalue weighted by Crippen LogP contribution is 2.21. The topological polar surface area (TPSA) is 49.9 Å². The molecule has 2 aromatic carbocycles. The summed E-state index contributed by atoms with van der Waals surface area (Å²) in [7, 11) is 1.39. The summed E-state index contributed by atoms with van der Waals surface area (Å²) in [5.41, 5.74) is 2.45. The van der Waals surface area contributed by atoms with Gasteiger partial charge < -0.3 is 9.64 Å². The van der Waals surface area contributed by atoms with E-state index in [2.05, 4.69) is 41.3 Å². The molecule has 28 heavy (non-hydrogen) atoms. The molecule has 2 atom stereocenters. The molecule has 148 valence electrons. The average Bonchev–Trinajstić information content (AvgIpc) is 2.70. The van der Waals surface area contributed by atoms with Crippen molar-refractivity contribution < 1.29 is 14.3 Å². The first-order chi connectivity index (χ1) is 13.4. The third-order valence-corrected chi connectivity index (χ3v) is 5.87. The van der Waals surface area contributed by atoms with Crippen LogP contribution in [0.4, 0.5) is 0 Å². The smallest absolute Gasteiger partial charge is 0.337 e. The Morgan fingerprint density at radius 1 is 1.04 bits per heavy atom. The first-order valence-corrected chi connectivity index (χ1v) is 10.4. The lowest BCUT2D eigenvalue weighted by molar-refractivity contribution is 0.0269. The van der Waals surface area contributed by atoms with E-state index in [9.17, 15) is 9.59 Å². The Balaban J connectivity index is 1.66. The highest BCUT2D eigenvalue weighted by atomic mass is 127. The Morgan fingerprint density at radius 3 is 2.25 bits per heavy atom. The summed E-state index contributed by atoms with van der Waals surface area (Å²) in [6, 6.07) is 15.8. The van der Waals surface area contributed by atoms with Gasteiger partial charge in [0.15, 0.2) is 0 Å². The number of carbonyl (C=O) groups is 2. The molecule has 0 saturated carbocycles. The van der Waals surface area contributed by atoms with Crippen LogP contribution in [0.5, 0.6) is 0 Å². The van der Waals surface area contributed by atoms with Crippen LogP contribution in [-0.2, 0) is 11.3 Å². The molecule has 0 unspecified atom stereocenters. The van der Waals surface area contributed by atoms with Crippen molar-refractivity contribution in [2.45, 2.75) is 32.5 Å². The van der Waals surface area contributed by atoms with Gasteiger partial charge in [-0.1, -0.05) is 18.2 Å². The molecule has 1 fully saturated rings. The van der Waals surface area contributed by atoms with E-state index in [1.807, 2.05) is 41.3 Å². The fourth-order valence-electron chi connectivity index (χ4n) is 3.71. The summed E-state index contributed by atoms with van der Waals surface area (Å²) < 4.78 is 5.82.